The molecule has 0 bridgehead atoms. The van der Waals surface area contributed by atoms with Gasteiger partial charge < -0.3 is 10.6 Å². The lowest BCUT2D eigenvalue weighted by Gasteiger charge is -2.27. The second kappa shape index (κ2) is 7.49. The van der Waals surface area contributed by atoms with Gasteiger partial charge in [0, 0.05) is 6.54 Å². The zero-order valence-corrected chi connectivity index (χ0v) is 13.0. The minimum absolute atomic E-state index is 0.621. The maximum atomic E-state index is 5.89. The molecule has 2 heteroatoms. The summed E-state index contributed by atoms with van der Waals surface area (Å²) in [6, 6.07) is 0. The van der Waals surface area contributed by atoms with Crippen molar-refractivity contribution < 1.29 is 0 Å². The van der Waals surface area contributed by atoms with E-state index < -0.39 is 0 Å². The molecule has 1 heterocycles. The molecule has 0 aromatic heterocycles. The van der Waals surface area contributed by atoms with Crippen LogP contribution in [0.25, 0.3) is 0 Å². The molecule has 1 aliphatic heterocycles. The van der Waals surface area contributed by atoms with Crippen LogP contribution in [0.15, 0.2) is 0 Å². The number of nitrogens with two attached hydrogens (primary N) is 1. The summed E-state index contributed by atoms with van der Waals surface area (Å²) in [5.41, 5.74) is 6.51. The summed E-state index contributed by atoms with van der Waals surface area (Å²) in [4.78, 5) is 2.68. The van der Waals surface area contributed by atoms with Gasteiger partial charge >= 0.3 is 0 Å². The smallest absolute Gasteiger partial charge is 0.00382 e. The molecule has 0 saturated carbocycles. The minimum atomic E-state index is 0.621. The van der Waals surface area contributed by atoms with Crippen LogP contribution in [0.4, 0.5) is 0 Å². The van der Waals surface area contributed by atoms with Gasteiger partial charge in [-0.05, 0) is 69.0 Å². The Morgan fingerprint density at radius 2 is 1.89 bits per heavy atom. The first-order valence-electron chi connectivity index (χ1n) is 7.97. The molecule has 0 aromatic rings. The van der Waals surface area contributed by atoms with Crippen LogP contribution in [0, 0.1) is 17.3 Å². The predicted molar refractivity (Wildman–Crippen MR) is 80.7 cm³/mol. The Balaban J connectivity index is 2.32. The standard InChI is InChI=1S/C16H34N2/c1-5-16(6-2)8-10-18(13-16)9-7-15(12-17)11-14(3)4/h14-15H,5-13,17H2,1-4H3. The maximum Gasteiger partial charge on any atom is 0.00382 e. The van der Waals surface area contributed by atoms with Gasteiger partial charge in [-0.2, -0.15) is 0 Å². The van der Waals surface area contributed by atoms with Crippen molar-refractivity contribution in [1.82, 2.24) is 4.90 Å². The summed E-state index contributed by atoms with van der Waals surface area (Å²) in [5.74, 6) is 1.51. The molecular formula is C16H34N2. The first-order valence-corrected chi connectivity index (χ1v) is 7.97. The molecule has 1 unspecified atom stereocenters. The lowest BCUT2D eigenvalue weighted by atomic mass is 9.82. The average molecular weight is 254 g/mol. The van der Waals surface area contributed by atoms with Gasteiger partial charge in [0.05, 0.1) is 0 Å². The van der Waals surface area contributed by atoms with Crippen molar-refractivity contribution in [1.29, 1.82) is 0 Å². The van der Waals surface area contributed by atoms with E-state index in [1.54, 1.807) is 0 Å². The SMILES string of the molecule is CCC1(CC)CCN(CCC(CN)CC(C)C)C1. The van der Waals surface area contributed by atoms with E-state index in [0.29, 0.717) is 5.41 Å². The lowest BCUT2D eigenvalue weighted by molar-refractivity contribution is 0.226. The number of likely N-dealkylation sites (tertiary alicyclic amines) is 1. The summed E-state index contributed by atoms with van der Waals surface area (Å²) in [5, 5.41) is 0. The summed E-state index contributed by atoms with van der Waals surface area (Å²) in [6.07, 6.45) is 6.66. The highest BCUT2D eigenvalue weighted by Gasteiger charge is 2.34. The minimum Gasteiger partial charge on any atom is -0.330 e. The van der Waals surface area contributed by atoms with Crippen molar-refractivity contribution in [3.63, 3.8) is 0 Å². The molecule has 1 aliphatic rings. The Morgan fingerprint density at radius 1 is 1.22 bits per heavy atom. The largest absolute Gasteiger partial charge is 0.330 e. The third kappa shape index (κ3) is 4.55. The third-order valence-corrected chi connectivity index (χ3v) is 5.01. The maximum absolute atomic E-state index is 5.89. The van der Waals surface area contributed by atoms with E-state index in [1.165, 1.54) is 51.7 Å². The van der Waals surface area contributed by atoms with Crippen molar-refractivity contribution >= 4 is 0 Å². The molecule has 0 aromatic carbocycles. The van der Waals surface area contributed by atoms with Crippen molar-refractivity contribution in [2.24, 2.45) is 23.0 Å². The van der Waals surface area contributed by atoms with Crippen LogP contribution in [0.2, 0.25) is 0 Å². The molecular weight excluding hydrogens is 220 g/mol. The highest BCUT2D eigenvalue weighted by Crippen LogP contribution is 2.37. The quantitative estimate of drug-likeness (QED) is 0.718. The molecule has 108 valence electrons. The summed E-state index contributed by atoms with van der Waals surface area (Å²) < 4.78 is 0. The Labute approximate surface area is 114 Å². The predicted octanol–water partition coefficient (Wildman–Crippen LogP) is 3.51. The molecule has 1 saturated heterocycles. The molecule has 2 N–H and O–H groups in total. The van der Waals surface area contributed by atoms with Crippen molar-refractivity contribution in [3.05, 3.63) is 0 Å². The Kier molecular flexibility index (Phi) is 6.65. The Hall–Kier alpha value is -0.0800. The molecule has 0 spiro atoms. The normalized spacial score (nSPS) is 21.7. The highest BCUT2D eigenvalue weighted by molar-refractivity contribution is 4.88. The molecule has 0 amide bonds. The van der Waals surface area contributed by atoms with Crippen LogP contribution in [-0.2, 0) is 0 Å². The summed E-state index contributed by atoms with van der Waals surface area (Å²) in [6.45, 7) is 14.1. The first kappa shape index (κ1) is 16.0. The van der Waals surface area contributed by atoms with E-state index in [-0.39, 0.29) is 0 Å². The lowest BCUT2D eigenvalue weighted by Crippen LogP contribution is -2.29. The van der Waals surface area contributed by atoms with Crippen LogP contribution in [0.1, 0.15) is 59.8 Å². The van der Waals surface area contributed by atoms with Gasteiger partial charge in [0.25, 0.3) is 0 Å². The fraction of sp³-hybridized carbons (Fsp3) is 1.00. The van der Waals surface area contributed by atoms with Crippen molar-refractivity contribution in [3.8, 4) is 0 Å². The number of hydrogen-bond acceptors (Lipinski definition) is 2. The zero-order chi connectivity index (χ0) is 13.6. The van der Waals surface area contributed by atoms with Crippen LogP contribution >= 0.6 is 0 Å². The molecule has 1 fully saturated rings. The van der Waals surface area contributed by atoms with E-state index >= 15 is 0 Å². The van der Waals surface area contributed by atoms with Crippen LogP contribution < -0.4 is 5.73 Å². The second-order valence-corrected chi connectivity index (χ2v) is 6.75. The van der Waals surface area contributed by atoms with E-state index in [0.717, 1.165) is 18.4 Å². The van der Waals surface area contributed by atoms with Crippen molar-refractivity contribution in [2.75, 3.05) is 26.2 Å². The number of nitrogens with zero attached hydrogens (tertiary/aromatic N) is 1. The van der Waals surface area contributed by atoms with Gasteiger partial charge in [-0.15, -0.1) is 0 Å². The molecule has 0 radical (unpaired) electrons. The van der Waals surface area contributed by atoms with E-state index in [9.17, 15) is 0 Å². The molecule has 1 atom stereocenters. The third-order valence-electron chi connectivity index (χ3n) is 5.01. The van der Waals surface area contributed by atoms with Crippen molar-refractivity contribution in [2.45, 2.75) is 59.8 Å². The van der Waals surface area contributed by atoms with E-state index in [1.807, 2.05) is 0 Å². The molecule has 18 heavy (non-hydrogen) atoms. The highest BCUT2D eigenvalue weighted by atomic mass is 15.2. The Bertz CT molecular complexity index is 221. The zero-order valence-electron chi connectivity index (χ0n) is 13.0. The van der Waals surface area contributed by atoms with Gasteiger partial charge in [-0.25, -0.2) is 0 Å². The van der Waals surface area contributed by atoms with Gasteiger partial charge in [0.1, 0.15) is 0 Å². The van der Waals surface area contributed by atoms with Gasteiger partial charge in [0.2, 0.25) is 0 Å². The van der Waals surface area contributed by atoms with E-state index in [4.69, 9.17) is 5.73 Å². The first-order chi connectivity index (χ1) is 8.55. The van der Waals surface area contributed by atoms with Crippen LogP contribution in [0.5, 0.6) is 0 Å². The fourth-order valence-corrected chi connectivity index (χ4v) is 3.41. The summed E-state index contributed by atoms with van der Waals surface area (Å²) in [7, 11) is 0. The van der Waals surface area contributed by atoms with Crippen LogP contribution in [-0.4, -0.2) is 31.1 Å². The van der Waals surface area contributed by atoms with Crippen LogP contribution in [0.3, 0.4) is 0 Å². The van der Waals surface area contributed by atoms with Gasteiger partial charge in [0.15, 0.2) is 0 Å². The second-order valence-electron chi connectivity index (χ2n) is 6.75. The molecule has 1 rings (SSSR count). The molecule has 0 aliphatic carbocycles. The average Bonchev–Trinajstić information content (AvgIpc) is 2.78. The Morgan fingerprint density at radius 3 is 2.33 bits per heavy atom. The van der Waals surface area contributed by atoms with E-state index in [2.05, 4.69) is 32.6 Å². The monoisotopic (exact) mass is 254 g/mol. The summed E-state index contributed by atoms with van der Waals surface area (Å²) >= 11 is 0. The number of hydrogen-bond donors (Lipinski definition) is 1. The molecule has 2 nitrogen and oxygen atoms in total. The number of rotatable bonds is 8. The fourth-order valence-electron chi connectivity index (χ4n) is 3.41. The topological polar surface area (TPSA) is 29.3 Å². The van der Waals surface area contributed by atoms with Gasteiger partial charge in [-0.1, -0.05) is 27.7 Å². The van der Waals surface area contributed by atoms with Gasteiger partial charge in [-0.3, -0.25) is 0 Å².